The number of likely N-dealkylation sites (N-methyl/N-ethyl adjacent to an activating group) is 1. The van der Waals surface area contributed by atoms with Gasteiger partial charge in [-0.25, -0.2) is 0 Å². The monoisotopic (exact) mass is 253 g/mol. The summed E-state index contributed by atoms with van der Waals surface area (Å²) in [4.78, 5) is 0. The Hall–Kier alpha value is -0.0800. The summed E-state index contributed by atoms with van der Waals surface area (Å²) < 4.78 is 6.27. The van der Waals surface area contributed by atoms with Crippen LogP contribution in [0.2, 0.25) is 0 Å². The van der Waals surface area contributed by atoms with Crippen LogP contribution in [0.1, 0.15) is 71.1 Å². The Bertz CT molecular complexity index is 224. The summed E-state index contributed by atoms with van der Waals surface area (Å²) >= 11 is 0. The summed E-state index contributed by atoms with van der Waals surface area (Å²) in [5.74, 6) is 0.946. The van der Waals surface area contributed by atoms with Crippen molar-refractivity contribution in [3.05, 3.63) is 0 Å². The summed E-state index contributed by atoms with van der Waals surface area (Å²) in [5.41, 5.74) is 0.143. The second kappa shape index (κ2) is 6.91. The lowest BCUT2D eigenvalue weighted by atomic mass is 9.76. The second-order valence-corrected chi connectivity index (χ2v) is 6.29. The lowest BCUT2D eigenvalue weighted by Gasteiger charge is -2.44. The Morgan fingerprint density at radius 3 is 2.33 bits per heavy atom. The number of hydrogen-bond donors (Lipinski definition) is 1. The molecule has 0 saturated heterocycles. The van der Waals surface area contributed by atoms with Gasteiger partial charge in [-0.1, -0.05) is 44.9 Å². The van der Waals surface area contributed by atoms with E-state index in [4.69, 9.17) is 4.74 Å². The molecule has 0 bridgehead atoms. The zero-order chi connectivity index (χ0) is 12.8. The summed E-state index contributed by atoms with van der Waals surface area (Å²) in [7, 11) is 2.13. The first kappa shape index (κ1) is 14.3. The highest BCUT2D eigenvalue weighted by molar-refractivity contribution is 4.96. The molecule has 2 rings (SSSR count). The molecule has 1 N–H and O–H groups in total. The van der Waals surface area contributed by atoms with Gasteiger partial charge in [0.15, 0.2) is 0 Å². The fourth-order valence-electron chi connectivity index (χ4n) is 4.21. The van der Waals surface area contributed by atoms with E-state index in [1.807, 2.05) is 0 Å². The van der Waals surface area contributed by atoms with Crippen molar-refractivity contribution in [2.45, 2.75) is 82.8 Å². The molecule has 2 aliphatic rings. The minimum absolute atomic E-state index is 0.143. The van der Waals surface area contributed by atoms with Crippen molar-refractivity contribution < 1.29 is 4.74 Å². The van der Waals surface area contributed by atoms with Crippen molar-refractivity contribution in [3.63, 3.8) is 0 Å². The Balaban J connectivity index is 2.00. The van der Waals surface area contributed by atoms with Crippen molar-refractivity contribution in [3.8, 4) is 0 Å². The van der Waals surface area contributed by atoms with Gasteiger partial charge in [-0.15, -0.1) is 0 Å². The van der Waals surface area contributed by atoms with Gasteiger partial charge < -0.3 is 10.1 Å². The zero-order valence-corrected chi connectivity index (χ0v) is 12.3. The fourth-order valence-corrected chi connectivity index (χ4v) is 4.21. The van der Waals surface area contributed by atoms with Crippen LogP contribution in [0.3, 0.4) is 0 Å². The average Bonchev–Trinajstić information content (AvgIpc) is 2.90. The number of rotatable bonds is 6. The number of ether oxygens (including phenoxy) is 1. The molecule has 0 radical (unpaired) electrons. The zero-order valence-electron chi connectivity index (χ0n) is 12.3. The van der Waals surface area contributed by atoms with E-state index in [1.54, 1.807) is 0 Å². The first-order valence-electron chi connectivity index (χ1n) is 8.12. The van der Waals surface area contributed by atoms with Crippen molar-refractivity contribution in [2.24, 2.45) is 5.92 Å². The van der Waals surface area contributed by atoms with E-state index in [1.165, 1.54) is 64.2 Å². The van der Waals surface area contributed by atoms with E-state index in [2.05, 4.69) is 19.3 Å². The lowest BCUT2D eigenvalue weighted by molar-refractivity contribution is -0.0927. The van der Waals surface area contributed by atoms with Gasteiger partial charge in [0.05, 0.1) is 5.60 Å². The van der Waals surface area contributed by atoms with Crippen LogP contribution in [0.4, 0.5) is 0 Å². The Morgan fingerprint density at radius 2 is 1.78 bits per heavy atom. The molecular weight excluding hydrogens is 222 g/mol. The standard InChI is InChI=1S/C16H31NO/c1-3-18-16(11-7-4-8-12-16)15(17-2)13-14-9-5-6-10-14/h14-15,17H,3-13H2,1-2H3. The predicted octanol–water partition coefficient (Wildman–Crippen LogP) is 3.89. The lowest BCUT2D eigenvalue weighted by Crippen LogP contribution is -2.53. The Morgan fingerprint density at radius 1 is 1.11 bits per heavy atom. The Labute approximate surface area is 113 Å². The van der Waals surface area contributed by atoms with E-state index < -0.39 is 0 Å². The van der Waals surface area contributed by atoms with Crippen molar-refractivity contribution >= 4 is 0 Å². The molecular formula is C16H31NO. The van der Waals surface area contributed by atoms with E-state index in [-0.39, 0.29) is 5.60 Å². The molecule has 0 spiro atoms. The Kier molecular flexibility index (Phi) is 5.50. The summed E-state index contributed by atoms with van der Waals surface area (Å²) in [5, 5.41) is 3.60. The predicted molar refractivity (Wildman–Crippen MR) is 76.9 cm³/mol. The molecule has 2 saturated carbocycles. The molecule has 2 nitrogen and oxygen atoms in total. The first-order chi connectivity index (χ1) is 8.80. The van der Waals surface area contributed by atoms with E-state index in [0.717, 1.165) is 12.5 Å². The first-order valence-corrected chi connectivity index (χ1v) is 8.12. The van der Waals surface area contributed by atoms with Crippen LogP contribution < -0.4 is 5.32 Å². The molecule has 0 aromatic rings. The van der Waals surface area contributed by atoms with Gasteiger partial charge in [-0.3, -0.25) is 0 Å². The highest BCUT2D eigenvalue weighted by atomic mass is 16.5. The molecule has 0 amide bonds. The van der Waals surface area contributed by atoms with Gasteiger partial charge in [0.2, 0.25) is 0 Å². The van der Waals surface area contributed by atoms with Crippen LogP contribution >= 0.6 is 0 Å². The van der Waals surface area contributed by atoms with Gasteiger partial charge in [0.1, 0.15) is 0 Å². The van der Waals surface area contributed by atoms with E-state index in [9.17, 15) is 0 Å². The largest absolute Gasteiger partial charge is 0.374 e. The molecule has 2 fully saturated rings. The molecule has 0 aromatic heterocycles. The molecule has 2 heteroatoms. The van der Waals surface area contributed by atoms with Gasteiger partial charge in [-0.2, -0.15) is 0 Å². The SMILES string of the molecule is CCOC1(C(CC2CCCC2)NC)CCCCC1. The maximum Gasteiger partial charge on any atom is 0.0834 e. The molecule has 0 aliphatic heterocycles. The smallest absolute Gasteiger partial charge is 0.0834 e. The third kappa shape index (κ3) is 3.27. The normalized spacial score (nSPS) is 26.3. The van der Waals surface area contributed by atoms with Crippen LogP contribution in [0.25, 0.3) is 0 Å². The topological polar surface area (TPSA) is 21.3 Å². The number of hydrogen-bond acceptors (Lipinski definition) is 2. The third-order valence-corrected chi connectivity index (χ3v) is 5.16. The molecule has 1 unspecified atom stereocenters. The molecule has 106 valence electrons. The van der Waals surface area contributed by atoms with Crippen LogP contribution in [-0.2, 0) is 4.74 Å². The summed E-state index contributed by atoms with van der Waals surface area (Å²) in [6.45, 7) is 3.02. The van der Waals surface area contributed by atoms with Gasteiger partial charge in [-0.05, 0) is 39.2 Å². The van der Waals surface area contributed by atoms with Crippen LogP contribution in [-0.4, -0.2) is 25.3 Å². The minimum Gasteiger partial charge on any atom is -0.374 e. The maximum atomic E-state index is 6.27. The molecule has 0 heterocycles. The van der Waals surface area contributed by atoms with Crippen LogP contribution in [0, 0.1) is 5.92 Å². The van der Waals surface area contributed by atoms with Crippen molar-refractivity contribution in [2.75, 3.05) is 13.7 Å². The molecule has 18 heavy (non-hydrogen) atoms. The number of nitrogens with one attached hydrogen (secondary N) is 1. The minimum atomic E-state index is 0.143. The van der Waals surface area contributed by atoms with Crippen molar-refractivity contribution in [1.82, 2.24) is 5.32 Å². The fraction of sp³-hybridized carbons (Fsp3) is 1.00. The van der Waals surface area contributed by atoms with Crippen molar-refractivity contribution in [1.29, 1.82) is 0 Å². The molecule has 2 aliphatic carbocycles. The summed E-state index contributed by atoms with van der Waals surface area (Å²) in [6.07, 6.45) is 13.7. The molecule has 1 atom stereocenters. The van der Waals surface area contributed by atoms with E-state index >= 15 is 0 Å². The van der Waals surface area contributed by atoms with Gasteiger partial charge in [0, 0.05) is 12.6 Å². The van der Waals surface area contributed by atoms with Gasteiger partial charge >= 0.3 is 0 Å². The maximum absolute atomic E-state index is 6.27. The van der Waals surface area contributed by atoms with Crippen LogP contribution in [0.5, 0.6) is 0 Å². The second-order valence-electron chi connectivity index (χ2n) is 6.29. The van der Waals surface area contributed by atoms with Crippen LogP contribution in [0.15, 0.2) is 0 Å². The highest BCUT2D eigenvalue weighted by Crippen LogP contribution is 2.39. The molecule has 0 aromatic carbocycles. The highest BCUT2D eigenvalue weighted by Gasteiger charge is 2.40. The van der Waals surface area contributed by atoms with Gasteiger partial charge in [0.25, 0.3) is 0 Å². The third-order valence-electron chi connectivity index (χ3n) is 5.16. The van der Waals surface area contributed by atoms with E-state index in [0.29, 0.717) is 6.04 Å². The average molecular weight is 253 g/mol. The quantitative estimate of drug-likeness (QED) is 0.775. The summed E-state index contributed by atoms with van der Waals surface area (Å²) in [6, 6.07) is 0.570.